The number of hydrogen-bond donors (Lipinski definition) is 1. The Morgan fingerprint density at radius 3 is 2.53 bits per heavy atom. The zero-order valence-corrected chi connectivity index (χ0v) is 10.6. The first-order chi connectivity index (χ1) is 7.09. The summed E-state index contributed by atoms with van der Waals surface area (Å²) in [7, 11) is 1.21. The normalized spacial score (nSPS) is 22.8. The zero-order valence-electron chi connectivity index (χ0n) is 9.56. The maximum atomic E-state index is 9.51. The number of epoxide rings is 1. The average molecular weight is 236 g/mol. The van der Waals surface area contributed by atoms with Crippen LogP contribution in [0.3, 0.4) is 0 Å². The summed E-state index contributed by atoms with van der Waals surface area (Å²) in [6.45, 7) is 3.18. The van der Waals surface area contributed by atoms with Crippen LogP contribution in [0.2, 0.25) is 12.6 Å². The quantitative estimate of drug-likeness (QED) is 0.377. The van der Waals surface area contributed by atoms with E-state index < -0.39 is 14.9 Å². The van der Waals surface area contributed by atoms with Crippen molar-refractivity contribution < 1.29 is 23.4 Å². The fourth-order valence-electron chi connectivity index (χ4n) is 1.14. The van der Waals surface area contributed by atoms with Crippen LogP contribution in [0.15, 0.2) is 0 Å². The van der Waals surface area contributed by atoms with Crippen molar-refractivity contribution >= 4 is 8.56 Å². The molecule has 0 aromatic carbocycles. The van der Waals surface area contributed by atoms with Gasteiger partial charge in [0.05, 0.1) is 13.2 Å². The number of ether oxygens (including phenoxy) is 2. The van der Waals surface area contributed by atoms with E-state index in [1.54, 1.807) is 14.2 Å². The lowest BCUT2D eigenvalue weighted by molar-refractivity contribution is -0.104. The molecular weight excluding hydrogens is 216 g/mol. The average Bonchev–Trinajstić information content (AvgIpc) is 3.07. The van der Waals surface area contributed by atoms with Crippen molar-refractivity contribution in [1.29, 1.82) is 0 Å². The van der Waals surface area contributed by atoms with Gasteiger partial charge in [0.15, 0.2) is 6.29 Å². The predicted octanol–water partition coefficient (Wildman–Crippen LogP) is 0.475. The lowest BCUT2D eigenvalue weighted by Crippen LogP contribution is -2.37. The highest BCUT2D eigenvalue weighted by molar-refractivity contribution is 6.65. The number of aliphatic hydroxyl groups is 1. The summed E-state index contributed by atoms with van der Waals surface area (Å²) in [5.41, 5.74) is 0. The van der Waals surface area contributed by atoms with Crippen molar-refractivity contribution in [2.45, 2.75) is 31.4 Å². The monoisotopic (exact) mass is 236 g/mol. The largest absolute Gasteiger partial charge is 0.398 e. The summed E-state index contributed by atoms with van der Waals surface area (Å²) >= 11 is 0. The van der Waals surface area contributed by atoms with Crippen molar-refractivity contribution in [3.63, 3.8) is 0 Å². The molecule has 0 aromatic rings. The molecule has 0 bridgehead atoms. The topological polar surface area (TPSA) is 60.5 Å². The Morgan fingerprint density at radius 2 is 2.07 bits per heavy atom. The van der Waals surface area contributed by atoms with Crippen LogP contribution in [-0.4, -0.2) is 53.5 Å². The van der Waals surface area contributed by atoms with Gasteiger partial charge in [0.2, 0.25) is 0 Å². The van der Waals surface area contributed by atoms with E-state index in [2.05, 4.69) is 0 Å². The van der Waals surface area contributed by atoms with Crippen molar-refractivity contribution in [3.8, 4) is 0 Å². The van der Waals surface area contributed by atoms with Crippen molar-refractivity contribution in [3.05, 3.63) is 0 Å². The number of aliphatic hydroxyl groups excluding tert-OH is 1. The molecule has 1 fully saturated rings. The highest BCUT2D eigenvalue weighted by Crippen LogP contribution is 2.17. The standard InChI is InChI=1S/C9H20O5Si/c1-11-15(3,12-2)5-4-9(10)14-7-8-6-13-8/h8-10H,4-7H2,1-3H3. The first-order valence-electron chi connectivity index (χ1n) is 5.11. The Labute approximate surface area is 91.5 Å². The molecular formula is C9H20O5Si. The molecule has 1 aliphatic heterocycles. The highest BCUT2D eigenvalue weighted by Gasteiger charge is 2.30. The van der Waals surface area contributed by atoms with E-state index >= 15 is 0 Å². The molecule has 6 heteroatoms. The smallest absolute Gasteiger partial charge is 0.334 e. The molecule has 2 atom stereocenters. The van der Waals surface area contributed by atoms with Crippen molar-refractivity contribution in [1.82, 2.24) is 0 Å². The third-order valence-electron chi connectivity index (χ3n) is 2.59. The van der Waals surface area contributed by atoms with Gasteiger partial charge in [0, 0.05) is 20.6 Å². The van der Waals surface area contributed by atoms with E-state index in [0.717, 1.165) is 6.61 Å². The minimum absolute atomic E-state index is 0.188. The molecule has 0 saturated carbocycles. The van der Waals surface area contributed by atoms with E-state index in [1.807, 2.05) is 6.55 Å². The van der Waals surface area contributed by atoms with Gasteiger partial charge < -0.3 is 23.4 Å². The lowest BCUT2D eigenvalue weighted by Gasteiger charge is -2.23. The van der Waals surface area contributed by atoms with E-state index in [-0.39, 0.29) is 6.10 Å². The van der Waals surface area contributed by atoms with Crippen LogP contribution in [0.1, 0.15) is 6.42 Å². The Bertz CT molecular complexity index is 181. The third-order valence-corrected chi connectivity index (χ3v) is 5.51. The second-order valence-electron chi connectivity index (χ2n) is 3.82. The van der Waals surface area contributed by atoms with Crippen LogP contribution in [0.5, 0.6) is 0 Å². The van der Waals surface area contributed by atoms with Gasteiger partial charge in [-0.25, -0.2) is 0 Å². The summed E-state index contributed by atoms with van der Waals surface area (Å²) in [6.07, 6.45) is -0.0172. The number of hydrogen-bond acceptors (Lipinski definition) is 5. The van der Waals surface area contributed by atoms with Crippen LogP contribution in [0.4, 0.5) is 0 Å². The van der Waals surface area contributed by atoms with Gasteiger partial charge >= 0.3 is 8.56 Å². The molecule has 1 N–H and O–H groups in total. The first kappa shape index (κ1) is 13.1. The van der Waals surface area contributed by atoms with Crippen LogP contribution in [-0.2, 0) is 18.3 Å². The van der Waals surface area contributed by atoms with Gasteiger partial charge in [-0.15, -0.1) is 0 Å². The summed E-state index contributed by atoms with van der Waals surface area (Å²) < 4.78 is 20.8. The Morgan fingerprint density at radius 1 is 1.47 bits per heavy atom. The highest BCUT2D eigenvalue weighted by atomic mass is 28.4. The summed E-state index contributed by atoms with van der Waals surface area (Å²) in [4.78, 5) is 0. The molecule has 1 aliphatic rings. The van der Waals surface area contributed by atoms with Gasteiger partial charge in [-0.05, 0) is 12.6 Å². The predicted molar refractivity (Wildman–Crippen MR) is 56.8 cm³/mol. The van der Waals surface area contributed by atoms with Gasteiger partial charge in [-0.3, -0.25) is 0 Å². The molecule has 2 unspecified atom stereocenters. The minimum Gasteiger partial charge on any atom is -0.398 e. The molecule has 1 saturated heterocycles. The molecule has 5 nitrogen and oxygen atoms in total. The van der Waals surface area contributed by atoms with Gasteiger partial charge in [0.25, 0.3) is 0 Å². The molecule has 0 amide bonds. The van der Waals surface area contributed by atoms with E-state index in [4.69, 9.17) is 18.3 Å². The van der Waals surface area contributed by atoms with E-state index in [0.29, 0.717) is 19.1 Å². The van der Waals surface area contributed by atoms with E-state index in [1.165, 1.54) is 0 Å². The van der Waals surface area contributed by atoms with E-state index in [9.17, 15) is 5.11 Å². The zero-order chi connectivity index (χ0) is 11.3. The molecule has 0 spiro atoms. The van der Waals surface area contributed by atoms with Crippen LogP contribution < -0.4 is 0 Å². The molecule has 0 aromatic heterocycles. The summed E-state index contributed by atoms with van der Waals surface area (Å²) in [5.74, 6) is 0. The van der Waals surface area contributed by atoms with Crippen LogP contribution >= 0.6 is 0 Å². The molecule has 0 aliphatic carbocycles. The van der Waals surface area contributed by atoms with Crippen molar-refractivity contribution in [2.75, 3.05) is 27.4 Å². The third kappa shape index (κ3) is 5.05. The fourth-order valence-corrected chi connectivity index (χ4v) is 2.49. The molecule has 1 rings (SSSR count). The maximum Gasteiger partial charge on any atom is 0.334 e. The van der Waals surface area contributed by atoms with Crippen LogP contribution in [0.25, 0.3) is 0 Å². The summed E-state index contributed by atoms with van der Waals surface area (Å²) in [6, 6.07) is 0.715. The van der Waals surface area contributed by atoms with Gasteiger partial charge in [0.1, 0.15) is 6.10 Å². The maximum absolute atomic E-state index is 9.51. The van der Waals surface area contributed by atoms with Gasteiger partial charge in [-0.2, -0.15) is 0 Å². The Hall–Kier alpha value is 0.0169. The molecule has 1 heterocycles. The number of rotatable bonds is 8. The second-order valence-corrected chi connectivity index (χ2v) is 7.41. The van der Waals surface area contributed by atoms with Crippen LogP contribution in [0, 0.1) is 0 Å². The SMILES string of the molecule is CO[Si](C)(CCC(O)OCC1CO1)OC. The first-order valence-corrected chi connectivity index (χ1v) is 7.63. The van der Waals surface area contributed by atoms with Gasteiger partial charge in [-0.1, -0.05) is 0 Å². The minimum atomic E-state index is -2.07. The summed E-state index contributed by atoms with van der Waals surface area (Å²) in [5, 5.41) is 9.51. The molecule has 90 valence electrons. The Kier molecular flexibility index (Phi) is 5.17. The fraction of sp³-hybridized carbons (Fsp3) is 1.00. The molecule has 0 radical (unpaired) electrons. The second kappa shape index (κ2) is 5.93. The van der Waals surface area contributed by atoms with Crippen molar-refractivity contribution in [2.24, 2.45) is 0 Å². The molecule has 15 heavy (non-hydrogen) atoms. The Balaban J connectivity index is 2.10. The lowest BCUT2D eigenvalue weighted by atomic mass is 10.4.